The Hall–Kier alpha value is -1.37. The van der Waals surface area contributed by atoms with E-state index < -0.39 is 5.54 Å². The SMILES string of the molecule is Cc1cc(C)c(C(C)(C#N)NN)c(C)c1. The van der Waals surface area contributed by atoms with Crippen molar-refractivity contribution in [1.82, 2.24) is 5.43 Å². The van der Waals surface area contributed by atoms with Gasteiger partial charge in [-0.05, 0) is 44.4 Å². The molecule has 3 nitrogen and oxygen atoms in total. The number of rotatable bonds is 2. The molecule has 1 unspecified atom stereocenters. The summed E-state index contributed by atoms with van der Waals surface area (Å²) in [7, 11) is 0. The molecule has 1 aromatic carbocycles. The number of nitrogens with two attached hydrogens (primary N) is 1. The minimum Gasteiger partial charge on any atom is -0.270 e. The second-order valence-electron chi connectivity index (χ2n) is 4.15. The highest BCUT2D eigenvalue weighted by molar-refractivity contribution is 5.44. The molecule has 0 aromatic heterocycles. The molecule has 0 saturated carbocycles. The van der Waals surface area contributed by atoms with Crippen molar-refractivity contribution in [2.24, 2.45) is 5.84 Å². The van der Waals surface area contributed by atoms with Crippen LogP contribution >= 0.6 is 0 Å². The van der Waals surface area contributed by atoms with Crippen molar-refractivity contribution in [3.63, 3.8) is 0 Å². The van der Waals surface area contributed by atoms with Crippen LogP contribution in [0.15, 0.2) is 12.1 Å². The quantitative estimate of drug-likeness (QED) is 0.569. The third kappa shape index (κ3) is 2.01. The molecule has 0 radical (unpaired) electrons. The van der Waals surface area contributed by atoms with Gasteiger partial charge in [0.2, 0.25) is 0 Å². The molecule has 0 amide bonds. The predicted octanol–water partition coefficient (Wildman–Crippen LogP) is 1.81. The summed E-state index contributed by atoms with van der Waals surface area (Å²) in [6.07, 6.45) is 0. The number of hydrazine groups is 1. The summed E-state index contributed by atoms with van der Waals surface area (Å²) in [6, 6.07) is 6.34. The Labute approximate surface area is 90.9 Å². The van der Waals surface area contributed by atoms with Crippen molar-refractivity contribution in [3.8, 4) is 6.07 Å². The van der Waals surface area contributed by atoms with Crippen LogP contribution in [0.3, 0.4) is 0 Å². The Morgan fingerprint density at radius 3 is 2.07 bits per heavy atom. The highest BCUT2D eigenvalue weighted by Crippen LogP contribution is 2.27. The van der Waals surface area contributed by atoms with Crippen molar-refractivity contribution >= 4 is 0 Å². The first-order valence-corrected chi connectivity index (χ1v) is 4.92. The molecule has 0 aliphatic rings. The van der Waals surface area contributed by atoms with Gasteiger partial charge < -0.3 is 0 Å². The average Bonchev–Trinajstić information content (AvgIpc) is 2.15. The van der Waals surface area contributed by atoms with E-state index in [0.29, 0.717) is 0 Å². The monoisotopic (exact) mass is 203 g/mol. The lowest BCUT2D eigenvalue weighted by molar-refractivity contribution is 0.477. The third-order valence-electron chi connectivity index (χ3n) is 2.69. The molecule has 0 spiro atoms. The number of nitriles is 1. The fraction of sp³-hybridized carbons (Fsp3) is 0.417. The molecule has 0 bridgehead atoms. The summed E-state index contributed by atoms with van der Waals surface area (Å²) in [6.45, 7) is 7.84. The molecule has 80 valence electrons. The van der Waals surface area contributed by atoms with Gasteiger partial charge in [-0.15, -0.1) is 0 Å². The zero-order chi connectivity index (χ0) is 11.6. The number of benzene rings is 1. The molecule has 15 heavy (non-hydrogen) atoms. The lowest BCUT2D eigenvalue weighted by atomic mass is 9.86. The third-order valence-corrected chi connectivity index (χ3v) is 2.69. The summed E-state index contributed by atoms with van der Waals surface area (Å²) in [5.74, 6) is 5.45. The van der Waals surface area contributed by atoms with Crippen molar-refractivity contribution in [1.29, 1.82) is 5.26 Å². The van der Waals surface area contributed by atoms with Crippen LogP contribution in [0.4, 0.5) is 0 Å². The summed E-state index contributed by atoms with van der Waals surface area (Å²) in [4.78, 5) is 0. The van der Waals surface area contributed by atoms with Gasteiger partial charge in [0.05, 0.1) is 6.07 Å². The van der Waals surface area contributed by atoms with E-state index >= 15 is 0 Å². The smallest absolute Gasteiger partial charge is 0.141 e. The summed E-state index contributed by atoms with van der Waals surface area (Å²) in [5.41, 5.74) is 6.12. The number of aryl methyl sites for hydroxylation is 3. The molecular weight excluding hydrogens is 186 g/mol. The van der Waals surface area contributed by atoms with Crippen LogP contribution in [0, 0.1) is 32.1 Å². The lowest BCUT2D eigenvalue weighted by Gasteiger charge is -2.25. The normalized spacial score (nSPS) is 14.4. The fourth-order valence-electron chi connectivity index (χ4n) is 2.13. The van der Waals surface area contributed by atoms with Crippen LogP contribution in [0.5, 0.6) is 0 Å². The van der Waals surface area contributed by atoms with Crippen LogP contribution in [-0.2, 0) is 5.54 Å². The zero-order valence-electron chi connectivity index (χ0n) is 9.68. The molecule has 3 N–H and O–H groups in total. The molecule has 1 atom stereocenters. The first kappa shape index (κ1) is 11.7. The van der Waals surface area contributed by atoms with Gasteiger partial charge in [-0.1, -0.05) is 17.7 Å². The fourth-order valence-corrected chi connectivity index (χ4v) is 2.13. The molecule has 0 saturated heterocycles. The highest BCUT2D eigenvalue weighted by Gasteiger charge is 2.28. The minimum atomic E-state index is -0.818. The van der Waals surface area contributed by atoms with Gasteiger partial charge in [0, 0.05) is 0 Å². The maximum absolute atomic E-state index is 9.16. The zero-order valence-corrected chi connectivity index (χ0v) is 9.68. The molecule has 0 aliphatic heterocycles. The minimum absolute atomic E-state index is 0.818. The van der Waals surface area contributed by atoms with E-state index in [0.717, 1.165) is 16.7 Å². The van der Waals surface area contributed by atoms with Gasteiger partial charge in [0.1, 0.15) is 5.54 Å². The Balaban J connectivity index is 3.45. The topological polar surface area (TPSA) is 61.8 Å². The molecule has 1 rings (SSSR count). The van der Waals surface area contributed by atoms with Gasteiger partial charge in [-0.3, -0.25) is 5.84 Å². The van der Waals surface area contributed by atoms with Crippen molar-refractivity contribution in [2.45, 2.75) is 33.2 Å². The Bertz CT molecular complexity index is 394. The van der Waals surface area contributed by atoms with E-state index in [1.54, 1.807) is 6.92 Å². The van der Waals surface area contributed by atoms with Crippen molar-refractivity contribution < 1.29 is 0 Å². The first-order valence-electron chi connectivity index (χ1n) is 4.92. The molecule has 3 heteroatoms. The Kier molecular flexibility index (Phi) is 3.13. The van der Waals surface area contributed by atoms with Gasteiger partial charge in [-0.2, -0.15) is 5.26 Å². The number of hydrogen-bond acceptors (Lipinski definition) is 3. The van der Waals surface area contributed by atoms with E-state index in [2.05, 4.69) is 23.6 Å². The van der Waals surface area contributed by atoms with Gasteiger partial charge >= 0.3 is 0 Å². The standard InChI is InChI=1S/C12H17N3/c1-8-5-9(2)11(10(3)6-8)12(4,7-13)15-14/h5-6,15H,14H2,1-4H3. The van der Waals surface area contributed by atoms with Gasteiger partial charge in [0.15, 0.2) is 0 Å². The van der Waals surface area contributed by atoms with E-state index in [4.69, 9.17) is 11.1 Å². The molecule has 0 heterocycles. The summed E-state index contributed by atoms with van der Waals surface area (Å²) < 4.78 is 0. The number of nitrogens with one attached hydrogen (secondary N) is 1. The average molecular weight is 203 g/mol. The predicted molar refractivity (Wildman–Crippen MR) is 60.9 cm³/mol. The largest absolute Gasteiger partial charge is 0.270 e. The molecule has 0 aliphatic carbocycles. The number of hydrogen-bond donors (Lipinski definition) is 2. The van der Waals surface area contributed by atoms with E-state index in [9.17, 15) is 0 Å². The lowest BCUT2D eigenvalue weighted by Crippen LogP contribution is -2.44. The second kappa shape index (κ2) is 4.01. The molecule has 1 aromatic rings. The van der Waals surface area contributed by atoms with E-state index in [1.165, 1.54) is 5.56 Å². The van der Waals surface area contributed by atoms with Gasteiger partial charge in [0.25, 0.3) is 0 Å². The molecule has 0 fully saturated rings. The van der Waals surface area contributed by atoms with Crippen LogP contribution in [0.1, 0.15) is 29.2 Å². The van der Waals surface area contributed by atoms with Crippen LogP contribution in [0.2, 0.25) is 0 Å². The maximum Gasteiger partial charge on any atom is 0.141 e. The Morgan fingerprint density at radius 2 is 1.73 bits per heavy atom. The highest BCUT2D eigenvalue weighted by atomic mass is 15.3. The van der Waals surface area contributed by atoms with Crippen LogP contribution in [-0.4, -0.2) is 0 Å². The maximum atomic E-state index is 9.16. The summed E-state index contributed by atoms with van der Waals surface area (Å²) in [5, 5.41) is 9.16. The van der Waals surface area contributed by atoms with Crippen LogP contribution < -0.4 is 11.3 Å². The van der Waals surface area contributed by atoms with E-state index in [1.807, 2.05) is 20.8 Å². The number of nitrogens with zero attached hydrogens (tertiary/aromatic N) is 1. The second-order valence-corrected chi connectivity index (χ2v) is 4.15. The van der Waals surface area contributed by atoms with E-state index in [-0.39, 0.29) is 0 Å². The van der Waals surface area contributed by atoms with Gasteiger partial charge in [-0.25, -0.2) is 5.43 Å². The van der Waals surface area contributed by atoms with Crippen molar-refractivity contribution in [3.05, 3.63) is 34.4 Å². The summed E-state index contributed by atoms with van der Waals surface area (Å²) >= 11 is 0. The first-order chi connectivity index (χ1) is 6.94. The Morgan fingerprint density at radius 1 is 1.27 bits per heavy atom. The van der Waals surface area contributed by atoms with Crippen LogP contribution in [0.25, 0.3) is 0 Å². The van der Waals surface area contributed by atoms with Crippen molar-refractivity contribution in [2.75, 3.05) is 0 Å². The molecular formula is C12H17N3.